The van der Waals surface area contributed by atoms with Crippen LogP contribution in [-0.2, 0) is 11.2 Å². The molecular weight excluding hydrogens is 311 g/mol. The maximum Gasteiger partial charge on any atom is 0.264 e. The van der Waals surface area contributed by atoms with Gasteiger partial charge < -0.3 is 5.32 Å². The monoisotopic (exact) mass is 326 g/mol. The molecule has 1 heterocycles. The summed E-state index contributed by atoms with van der Waals surface area (Å²) in [5, 5.41) is 2.66. The lowest BCUT2D eigenvalue weighted by atomic mass is 10.1. The molecule has 0 aliphatic carbocycles. The molecule has 0 unspecified atom stereocenters. The number of hydrogen-bond donors (Lipinski definition) is 1. The fourth-order valence-corrected chi connectivity index (χ4v) is 2.65. The molecule has 3 amide bonds. The van der Waals surface area contributed by atoms with Gasteiger partial charge in [-0.05, 0) is 17.7 Å². The van der Waals surface area contributed by atoms with Gasteiger partial charge in [-0.15, -0.1) is 0 Å². The Kier molecular flexibility index (Phi) is 4.37. The van der Waals surface area contributed by atoms with Crippen molar-refractivity contribution in [2.24, 2.45) is 0 Å². The van der Waals surface area contributed by atoms with E-state index in [1.807, 2.05) is 30.3 Å². The standard InChI is InChI=1S/C18H15FN2O3/c19-14-8-4-7-13-16(14)18(24)21(17(13)23)10-9-20-15(22)11-12-5-2-1-3-6-12/h1-8H,9-11H2,(H,20,22). The van der Waals surface area contributed by atoms with Crippen LogP contribution in [0.25, 0.3) is 0 Å². The summed E-state index contributed by atoms with van der Waals surface area (Å²) >= 11 is 0. The number of nitrogens with zero attached hydrogens (tertiary/aromatic N) is 1. The fourth-order valence-electron chi connectivity index (χ4n) is 2.65. The normalized spacial score (nSPS) is 13.1. The Morgan fingerprint density at radius 2 is 1.75 bits per heavy atom. The smallest absolute Gasteiger partial charge is 0.264 e. The van der Waals surface area contributed by atoms with Gasteiger partial charge in [0.1, 0.15) is 5.82 Å². The number of imide groups is 1. The van der Waals surface area contributed by atoms with Gasteiger partial charge in [0.2, 0.25) is 5.91 Å². The van der Waals surface area contributed by atoms with E-state index in [2.05, 4.69) is 5.32 Å². The third-order valence-electron chi connectivity index (χ3n) is 3.81. The number of fused-ring (bicyclic) bond motifs is 1. The van der Waals surface area contributed by atoms with Gasteiger partial charge in [-0.3, -0.25) is 19.3 Å². The van der Waals surface area contributed by atoms with Crippen LogP contribution in [0.5, 0.6) is 0 Å². The molecule has 1 aliphatic rings. The summed E-state index contributed by atoms with van der Waals surface area (Å²) in [7, 11) is 0. The van der Waals surface area contributed by atoms with Crippen LogP contribution >= 0.6 is 0 Å². The van der Waals surface area contributed by atoms with Gasteiger partial charge in [0.15, 0.2) is 0 Å². The molecule has 5 nitrogen and oxygen atoms in total. The first-order valence-corrected chi connectivity index (χ1v) is 7.53. The molecule has 2 aromatic carbocycles. The number of benzene rings is 2. The number of carbonyl (C=O) groups excluding carboxylic acids is 3. The largest absolute Gasteiger partial charge is 0.354 e. The molecule has 2 aromatic rings. The zero-order valence-corrected chi connectivity index (χ0v) is 12.8. The Morgan fingerprint density at radius 1 is 1.00 bits per heavy atom. The van der Waals surface area contributed by atoms with Crippen molar-refractivity contribution in [1.29, 1.82) is 0 Å². The number of hydrogen-bond acceptors (Lipinski definition) is 3. The van der Waals surface area contributed by atoms with Gasteiger partial charge in [-0.2, -0.15) is 0 Å². The highest BCUT2D eigenvalue weighted by atomic mass is 19.1. The third kappa shape index (κ3) is 3.03. The first-order chi connectivity index (χ1) is 11.6. The summed E-state index contributed by atoms with van der Waals surface area (Å²) in [6.07, 6.45) is 0.220. The highest BCUT2D eigenvalue weighted by Gasteiger charge is 2.37. The lowest BCUT2D eigenvalue weighted by Crippen LogP contribution is -2.38. The Bertz CT molecular complexity index is 805. The van der Waals surface area contributed by atoms with Crippen LogP contribution in [0.15, 0.2) is 48.5 Å². The summed E-state index contributed by atoms with van der Waals surface area (Å²) in [6.45, 7) is 0.130. The van der Waals surface area contributed by atoms with Gasteiger partial charge in [-0.1, -0.05) is 36.4 Å². The van der Waals surface area contributed by atoms with E-state index < -0.39 is 17.6 Å². The predicted molar refractivity (Wildman–Crippen MR) is 84.9 cm³/mol. The number of nitrogens with one attached hydrogen (secondary N) is 1. The summed E-state index contributed by atoms with van der Waals surface area (Å²) < 4.78 is 13.7. The van der Waals surface area contributed by atoms with Gasteiger partial charge in [0.05, 0.1) is 17.5 Å². The Hall–Kier alpha value is -3.02. The van der Waals surface area contributed by atoms with Crippen LogP contribution in [0, 0.1) is 5.82 Å². The molecule has 0 saturated carbocycles. The second kappa shape index (κ2) is 6.62. The SMILES string of the molecule is O=C(Cc1ccccc1)NCCN1C(=O)c2cccc(F)c2C1=O. The van der Waals surface area contributed by atoms with Gasteiger partial charge >= 0.3 is 0 Å². The van der Waals surface area contributed by atoms with Crippen molar-refractivity contribution in [2.45, 2.75) is 6.42 Å². The topological polar surface area (TPSA) is 66.5 Å². The van der Waals surface area contributed by atoms with Crippen molar-refractivity contribution in [1.82, 2.24) is 10.2 Å². The molecule has 0 atom stereocenters. The molecule has 0 radical (unpaired) electrons. The second-order valence-corrected chi connectivity index (χ2v) is 5.44. The summed E-state index contributed by atoms with van der Waals surface area (Å²) in [5.41, 5.74) is 0.742. The predicted octanol–water partition coefficient (Wildman–Crippen LogP) is 1.78. The van der Waals surface area contributed by atoms with Crippen molar-refractivity contribution in [3.05, 3.63) is 71.0 Å². The van der Waals surface area contributed by atoms with Gasteiger partial charge in [0.25, 0.3) is 11.8 Å². The van der Waals surface area contributed by atoms with Crippen molar-refractivity contribution in [3.63, 3.8) is 0 Å². The molecule has 122 valence electrons. The molecule has 0 aromatic heterocycles. The number of rotatable bonds is 5. The summed E-state index contributed by atoms with van der Waals surface area (Å²) in [6, 6.07) is 13.2. The van der Waals surface area contributed by atoms with E-state index in [0.717, 1.165) is 16.5 Å². The number of amides is 3. The van der Waals surface area contributed by atoms with Crippen LogP contribution in [0.4, 0.5) is 4.39 Å². The van der Waals surface area contributed by atoms with Crippen molar-refractivity contribution >= 4 is 17.7 Å². The van der Waals surface area contributed by atoms with E-state index in [0.29, 0.717) is 0 Å². The maximum absolute atomic E-state index is 13.7. The average Bonchev–Trinajstić information content (AvgIpc) is 2.81. The van der Waals surface area contributed by atoms with Crippen LogP contribution in [0.1, 0.15) is 26.3 Å². The minimum atomic E-state index is -0.707. The van der Waals surface area contributed by atoms with E-state index in [1.165, 1.54) is 12.1 Å². The molecule has 1 N–H and O–H groups in total. The van der Waals surface area contributed by atoms with E-state index in [-0.39, 0.29) is 36.5 Å². The molecule has 0 spiro atoms. The first-order valence-electron chi connectivity index (χ1n) is 7.53. The summed E-state index contributed by atoms with van der Waals surface area (Å²) in [4.78, 5) is 37.1. The fraction of sp³-hybridized carbons (Fsp3) is 0.167. The second-order valence-electron chi connectivity index (χ2n) is 5.44. The van der Waals surface area contributed by atoms with Gasteiger partial charge in [0, 0.05) is 13.1 Å². The van der Waals surface area contributed by atoms with Crippen LogP contribution < -0.4 is 5.32 Å². The number of carbonyl (C=O) groups is 3. The third-order valence-corrected chi connectivity index (χ3v) is 3.81. The van der Waals surface area contributed by atoms with E-state index in [1.54, 1.807) is 0 Å². The maximum atomic E-state index is 13.7. The van der Waals surface area contributed by atoms with E-state index in [4.69, 9.17) is 0 Å². The van der Waals surface area contributed by atoms with Crippen molar-refractivity contribution in [3.8, 4) is 0 Å². The molecule has 0 fully saturated rings. The first kappa shape index (κ1) is 15.9. The van der Waals surface area contributed by atoms with Crippen molar-refractivity contribution in [2.75, 3.05) is 13.1 Å². The van der Waals surface area contributed by atoms with Crippen molar-refractivity contribution < 1.29 is 18.8 Å². The zero-order chi connectivity index (χ0) is 17.1. The van der Waals surface area contributed by atoms with Crippen LogP contribution in [-0.4, -0.2) is 35.7 Å². The lowest BCUT2D eigenvalue weighted by Gasteiger charge is -2.14. The molecule has 0 saturated heterocycles. The highest BCUT2D eigenvalue weighted by molar-refractivity contribution is 6.21. The van der Waals surface area contributed by atoms with Crippen LogP contribution in [0.2, 0.25) is 0 Å². The minimum absolute atomic E-state index is 0.00627. The molecular formula is C18H15FN2O3. The highest BCUT2D eigenvalue weighted by Crippen LogP contribution is 2.24. The molecule has 24 heavy (non-hydrogen) atoms. The molecule has 1 aliphatic heterocycles. The Morgan fingerprint density at radius 3 is 2.46 bits per heavy atom. The van der Waals surface area contributed by atoms with Gasteiger partial charge in [-0.25, -0.2) is 4.39 Å². The zero-order valence-electron chi connectivity index (χ0n) is 12.8. The minimum Gasteiger partial charge on any atom is -0.354 e. The Balaban J connectivity index is 1.56. The van der Waals surface area contributed by atoms with E-state index >= 15 is 0 Å². The molecule has 3 rings (SSSR count). The van der Waals surface area contributed by atoms with E-state index in [9.17, 15) is 18.8 Å². The quantitative estimate of drug-likeness (QED) is 0.852. The molecule has 0 bridgehead atoms. The molecule has 6 heteroatoms. The summed E-state index contributed by atoms with van der Waals surface area (Å²) in [5.74, 6) is -2.11. The lowest BCUT2D eigenvalue weighted by molar-refractivity contribution is -0.120. The average molecular weight is 326 g/mol. The number of halogens is 1. The van der Waals surface area contributed by atoms with Crippen LogP contribution in [0.3, 0.4) is 0 Å². The Labute approximate surface area is 138 Å².